The number of nitrogens with one attached hydrogen (secondary N) is 1. The zero-order valence-corrected chi connectivity index (χ0v) is 18.8. The van der Waals surface area contributed by atoms with Crippen molar-refractivity contribution < 1.29 is 4.79 Å². The van der Waals surface area contributed by atoms with Gasteiger partial charge in [0, 0.05) is 68.8 Å². The van der Waals surface area contributed by atoms with E-state index in [-0.39, 0.29) is 12.3 Å². The lowest BCUT2D eigenvalue weighted by atomic mass is 10.1. The van der Waals surface area contributed by atoms with Crippen molar-refractivity contribution in [1.29, 1.82) is 0 Å². The van der Waals surface area contributed by atoms with E-state index < -0.39 is 0 Å². The smallest absolute Gasteiger partial charge is 0.229 e. The molecule has 5 rings (SSSR count). The maximum atomic E-state index is 12.7. The molecule has 1 saturated heterocycles. The van der Waals surface area contributed by atoms with Crippen molar-refractivity contribution in [1.82, 2.24) is 29.6 Å². The Labute approximate surface area is 192 Å². The van der Waals surface area contributed by atoms with Gasteiger partial charge in [-0.1, -0.05) is 0 Å². The largest absolute Gasteiger partial charge is 0.354 e. The molecule has 9 nitrogen and oxygen atoms in total. The van der Waals surface area contributed by atoms with Gasteiger partial charge in [-0.05, 0) is 36.9 Å². The van der Waals surface area contributed by atoms with Crippen LogP contribution in [0.4, 0.5) is 11.6 Å². The SMILES string of the molecule is CN1CCN(c2cc(CC(=O)Nc3cc4nc(-c5cnn(C)c5)ccc4cn3)ccn2)CC1. The molecule has 0 aliphatic carbocycles. The Kier molecular flexibility index (Phi) is 5.70. The first-order chi connectivity index (χ1) is 16.0. The van der Waals surface area contributed by atoms with E-state index in [2.05, 4.69) is 37.2 Å². The van der Waals surface area contributed by atoms with Gasteiger partial charge in [0.2, 0.25) is 5.91 Å². The highest BCUT2D eigenvalue weighted by Gasteiger charge is 2.16. The Balaban J connectivity index is 1.28. The molecule has 1 N–H and O–H groups in total. The summed E-state index contributed by atoms with van der Waals surface area (Å²) in [5.41, 5.74) is 3.46. The fraction of sp³-hybridized carbons (Fsp3) is 0.292. The first-order valence-corrected chi connectivity index (χ1v) is 11.0. The lowest BCUT2D eigenvalue weighted by Gasteiger charge is -2.33. The normalized spacial score (nSPS) is 14.5. The van der Waals surface area contributed by atoms with Gasteiger partial charge in [-0.15, -0.1) is 0 Å². The summed E-state index contributed by atoms with van der Waals surface area (Å²) in [5.74, 6) is 1.28. The molecule has 0 spiro atoms. The molecule has 1 amide bonds. The van der Waals surface area contributed by atoms with Crippen molar-refractivity contribution in [2.24, 2.45) is 7.05 Å². The van der Waals surface area contributed by atoms with Gasteiger partial charge in [0.15, 0.2) is 0 Å². The Morgan fingerprint density at radius 2 is 1.88 bits per heavy atom. The number of piperazine rings is 1. The maximum absolute atomic E-state index is 12.7. The second kappa shape index (κ2) is 8.95. The molecule has 33 heavy (non-hydrogen) atoms. The van der Waals surface area contributed by atoms with Crippen molar-refractivity contribution in [3.63, 3.8) is 0 Å². The number of rotatable bonds is 5. The number of likely N-dealkylation sites (N-methyl/N-ethyl adjacent to an activating group) is 1. The molecule has 1 aliphatic rings. The van der Waals surface area contributed by atoms with E-state index in [1.165, 1.54) is 0 Å². The van der Waals surface area contributed by atoms with E-state index in [1.807, 2.05) is 37.5 Å². The molecular weight excluding hydrogens is 416 g/mol. The van der Waals surface area contributed by atoms with Crippen LogP contribution < -0.4 is 10.2 Å². The Bertz CT molecular complexity index is 1290. The van der Waals surface area contributed by atoms with Crippen LogP contribution in [0.5, 0.6) is 0 Å². The lowest BCUT2D eigenvalue weighted by Crippen LogP contribution is -2.44. The molecule has 0 atom stereocenters. The summed E-state index contributed by atoms with van der Waals surface area (Å²) >= 11 is 0. The van der Waals surface area contributed by atoms with Gasteiger partial charge in [0.25, 0.3) is 0 Å². The number of carbonyl (C=O) groups excluding carboxylic acids is 1. The molecule has 4 aromatic heterocycles. The minimum atomic E-state index is -0.124. The van der Waals surface area contributed by atoms with Gasteiger partial charge in [0.05, 0.1) is 23.8 Å². The summed E-state index contributed by atoms with van der Waals surface area (Å²) in [6.07, 6.45) is 7.45. The maximum Gasteiger partial charge on any atom is 0.229 e. The molecule has 5 heterocycles. The predicted molar refractivity (Wildman–Crippen MR) is 128 cm³/mol. The minimum absolute atomic E-state index is 0.124. The first-order valence-electron chi connectivity index (χ1n) is 11.0. The summed E-state index contributed by atoms with van der Waals surface area (Å²) in [6.45, 7) is 3.90. The van der Waals surface area contributed by atoms with E-state index in [0.717, 1.165) is 59.7 Å². The molecule has 0 radical (unpaired) electrons. The second-order valence-electron chi connectivity index (χ2n) is 8.40. The van der Waals surface area contributed by atoms with Crippen molar-refractivity contribution in [2.45, 2.75) is 6.42 Å². The fourth-order valence-electron chi connectivity index (χ4n) is 3.95. The van der Waals surface area contributed by atoms with Crippen LogP contribution >= 0.6 is 0 Å². The van der Waals surface area contributed by atoms with E-state index in [4.69, 9.17) is 4.98 Å². The van der Waals surface area contributed by atoms with Crippen LogP contribution in [0.3, 0.4) is 0 Å². The zero-order valence-electron chi connectivity index (χ0n) is 18.8. The van der Waals surface area contributed by atoms with Gasteiger partial charge >= 0.3 is 0 Å². The molecule has 1 aliphatic heterocycles. The van der Waals surface area contributed by atoms with Crippen LogP contribution in [0.15, 0.2) is 55.1 Å². The van der Waals surface area contributed by atoms with E-state index in [0.29, 0.717) is 5.82 Å². The molecule has 4 aromatic rings. The van der Waals surface area contributed by atoms with Crippen LogP contribution in [-0.2, 0) is 18.3 Å². The quantitative estimate of drug-likeness (QED) is 0.507. The van der Waals surface area contributed by atoms with Gasteiger partial charge in [-0.3, -0.25) is 9.48 Å². The van der Waals surface area contributed by atoms with Crippen LogP contribution in [-0.4, -0.2) is 68.8 Å². The van der Waals surface area contributed by atoms with Crippen molar-refractivity contribution in [3.05, 3.63) is 60.7 Å². The van der Waals surface area contributed by atoms with Crippen molar-refractivity contribution >= 4 is 28.4 Å². The molecule has 0 unspecified atom stereocenters. The Morgan fingerprint density at radius 1 is 1.03 bits per heavy atom. The lowest BCUT2D eigenvalue weighted by molar-refractivity contribution is -0.115. The summed E-state index contributed by atoms with van der Waals surface area (Å²) in [6, 6.07) is 9.60. The highest BCUT2D eigenvalue weighted by atomic mass is 16.1. The van der Waals surface area contributed by atoms with Crippen LogP contribution in [0.25, 0.3) is 22.2 Å². The van der Waals surface area contributed by atoms with E-state index >= 15 is 0 Å². The number of amides is 1. The third kappa shape index (κ3) is 4.83. The van der Waals surface area contributed by atoms with Gasteiger partial charge in [-0.2, -0.15) is 5.10 Å². The molecule has 168 valence electrons. The third-order valence-electron chi connectivity index (χ3n) is 5.84. The average molecular weight is 443 g/mol. The summed E-state index contributed by atoms with van der Waals surface area (Å²) in [5, 5.41) is 8.02. The highest BCUT2D eigenvalue weighted by Crippen LogP contribution is 2.22. The van der Waals surface area contributed by atoms with E-state index in [9.17, 15) is 4.79 Å². The number of anilines is 2. The number of carbonyl (C=O) groups is 1. The fourth-order valence-corrected chi connectivity index (χ4v) is 3.95. The second-order valence-corrected chi connectivity index (χ2v) is 8.40. The average Bonchev–Trinajstić information content (AvgIpc) is 3.25. The number of nitrogens with zero attached hydrogens (tertiary/aromatic N) is 7. The highest BCUT2D eigenvalue weighted by molar-refractivity contribution is 5.93. The van der Waals surface area contributed by atoms with Gasteiger partial charge in [0.1, 0.15) is 11.6 Å². The molecule has 9 heteroatoms. The van der Waals surface area contributed by atoms with Crippen molar-refractivity contribution in [2.75, 3.05) is 43.4 Å². The standard InChI is InChI=1S/C24H26N8O/c1-30-7-9-32(10-8-30)23-11-17(5-6-25-23)12-24(33)29-22-13-21-18(14-26-22)3-4-20(28-21)19-15-27-31(2)16-19/h3-6,11,13-16H,7-10,12H2,1-2H3,(H,26,29,33). The third-order valence-corrected chi connectivity index (χ3v) is 5.84. The number of pyridine rings is 3. The van der Waals surface area contributed by atoms with Crippen molar-refractivity contribution in [3.8, 4) is 11.3 Å². The number of hydrogen-bond acceptors (Lipinski definition) is 7. The zero-order chi connectivity index (χ0) is 22.8. The summed E-state index contributed by atoms with van der Waals surface area (Å²) in [7, 11) is 4.00. The summed E-state index contributed by atoms with van der Waals surface area (Å²) in [4.78, 5) is 30.9. The van der Waals surface area contributed by atoms with Crippen LogP contribution in [0.1, 0.15) is 5.56 Å². The van der Waals surface area contributed by atoms with E-state index in [1.54, 1.807) is 29.3 Å². The Morgan fingerprint density at radius 3 is 2.67 bits per heavy atom. The number of aromatic nitrogens is 5. The molecule has 0 saturated carbocycles. The Hall–Kier alpha value is -3.85. The predicted octanol–water partition coefficient (Wildman–Crippen LogP) is 2.36. The molecule has 0 aromatic carbocycles. The topological polar surface area (TPSA) is 92.1 Å². The summed E-state index contributed by atoms with van der Waals surface area (Å²) < 4.78 is 1.74. The number of hydrogen-bond donors (Lipinski definition) is 1. The molecule has 0 bridgehead atoms. The van der Waals surface area contributed by atoms with Crippen LogP contribution in [0.2, 0.25) is 0 Å². The van der Waals surface area contributed by atoms with Crippen LogP contribution in [0, 0.1) is 0 Å². The van der Waals surface area contributed by atoms with Gasteiger partial charge < -0.3 is 15.1 Å². The monoisotopic (exact) mass is 442 g/mol. The first kappa shape index (κ1) is 21.0. The minimum Gasteiger partial charge on any atom is -0.354 e. The molecule has 1 fully saturated rings. The molecular formula is C24H26N8O. The number of fused-ring (bicyclic) bond motifs is 1. The van der Waals surface area contributed by atoms with Gasteiger partial charge in [-0.25, -0.2) is 15.0 Å². The number of aryl methyl sites for hydroxylation is 1.